The van der Waals surface area contributed by atoms with Crippen LogP contribution >= 0.6 is 22.2 Å². The molecule has 0 bridgehead atoms. The number of hydrogen-bond acceptors (Lipinski definition) is 0. The summed E-state index contributed by atoms with van der Waals surface area (Å²) in [7, 11) is -4.33. The minimum Gasteiger partial charge on any atom is -0.161 e. The lowest BCUT2D eigenvalue weighted by atomic mass is 10.1. The molecule has 0 aliphatic carbocycles. The second-order valence-corrected chi connectivity index (χ2v) is 20.8. The summed E-state index contributed by atoms with van der Waals surface area (Å²) in [6.07, 6.45) is 0. The molecule has 0 heterocycles. The molecule has 0 N–H and O–H groups in total. The minimum atomic E-state index is -2.16. The lowest BCUT2D eigenvalue weighted by Gasteiger charge is -2.22. The van der Waals surface area contributed by atoms with Gasteiger partial charge in [0.25, 0.3) is 0 Å². The fourth-order valence-corrected chi connectivity index (χ4v) is 6.58. The van der Waals surface area contributed by atoms with Gasteiger partial charge in [-0.1, -0.05) is 86.3 Å². The lowest BCUT2D eigenvalue weighted by molar-refractivity contribution is 1.62. The third-order valence-electron chi connectivity index (χ3n) is 4.67. The summed E-state index contributed by atoms with van der Waals surface area (Å²) in [6.45, 7) is 8.48. The zero-order chi connectivity index (χ0) is 21.8. The van der Waals surface area contributed by atoms with Gasteiger partial charge in [0.05, 0.1) is 0 Å². The monoisotopic (exact) mass is 462 g/mol. The van der Waals surface area contributed by atoms with E-state index >= 15 is 0 Å². The summed E-state index contributed by atoms with van der Waals surface area (Å²) in [5.41, 5.74) is 3.89. The molecule has 30 heavy (non-hydrogen) atoms. The van der Waals surface area contributed by atoms with Crippen LogP contribution in [0.2, 0.25) is 26.2 Å². The Bertz CT molecular complexity index is 1050. The fourth-order valence-electron chi connectivity index (χ4n) is 3.11. The van der Waals surface area contributed by atoms with E-state index in [1.165, 1.54) is 0 Å². The Hall–Kier alpha value is -2.21. The molecule has 0 fully saturated rings. The van der Waals surface area contributed by atoms with Gasteiger partial charge in [0.15, 0.2) is 14.8 Å². The van der Waals surface area contributed by atoms with Crippen LogP contribution in [0.25, 0.3) is 0 Å². The topological polar surface area (TPSA) is 0 Å². The van der Waals surface area contributed by atoms with Gasteiger partial charge in [-0.15, -0.1) is 0 Å². The molecule has 150 valence electrons. The van der Waals surface area contributed by atoms with Crippen LogP contribution in [0, 0.1) is 23.7 Å². The van der Waals surface area contributed by atoms with Crippen molar-refractivity contribution < 1.29 is 0 Å². The highest BCUT2D eigenvalue weighted by Gasteiger charge is 2.29. The van der Waals surface area contributed by atoms with Crippen molar-refractivity contribution in [3.8, 4) is 23.7 Å². The lowest BCUT2D eigenvalue weighted by Crippen LogP contribution is -2.43. The first-order chi connectivity index (χ1) is 14.1. The summed E-state index contributed by atoms with van der Waals surface area (Å²) in [4.78, 5) is 0. The Kier molecular flexibility index (Phi) is 6.96. The zero-order valence-electron chi connectivity index (χ0n) is 17.7. The maximum absolute atomic E-state index is 6.90. The third kappa shape index (κ3) is 5.91. The van der Waals surface area contributed by atoms with E-state index in [4.69, 9.17) is 22.2 Å². The van der Waals surface area contributed by atoms with Crippen molar-refractivity contribution >= 4 is 47.3 Å². The summed E-state index contributed by atoms with van der Waals surface area (Å²) in [5.74, 6) is 13.3. The van der Waals surface area contributed by atoms with Crippen LogP contribution in [-0.2, 0) is 0 Å². The predicted molar refractivity (Wildman–Crippen MR) is 137 cm³/mol. The molecular weight excluding hydrogens is 439 g/mol. The van der Waals surface area contributed by atoms with Crippen molar-refractivity contribution in [2.24, 2.45) is 0 Å². The van der Waals surface area contributed by atoms with Gasteiger partial charge >= 0.3 is 0 Å². The van der Waals surface area contributed by atoms with Crippen molar-refractivity contribution in [1.29, 1.82) is 0 Å². The van der Waals surface area contributed by atoms with Gasteiger partial charge in [0.1, 0.15) is 0 Å². The summed E-state index contributed by atoms with van der Waals surface area (Å²) < 4.78 is 0. The second kappa shape index (κ2) is 9.29. The molecule has 0 amide bonds. The second-order valence-electron chi connectivity index (χ2n) is 8.12. The zero-order valence-corrected chi connectivity index (χ0v) is 21.2. The molecule has 0 aromatic heterocycles. The summed E-state index contributed by atoms with van der Waals surface area (Å²) in [6, 6.07) is 24.3. The van der Waals surface area contributed by atoms with Crippen molar-refractivity contribution in [3.63, 3.8) is 0 Å². The first kappa shape index (κ1) is 22.5. The standard InChI is InChI=1S/C26H24Cl2Si2/c1-29(2,27)25-19-24(18-16-22-13-9-6-10-14-22)26(30(3,4)28)20-23(25)17-15-21-11-7-5-8-12-21/h5-14,19-20H,1-4H3. The maximum atomic E-state index is 6.90. The molecule has 0 unspecified atom stereocenters. The van der Waals surface area contributed by atoms with Gasteiger partial charge < -0.3 is 0 Å². The SMILES string of the molecule is C[Si](C)(Cl)c1cc(C#Cc2ccccc2)c([Si](C)(C)Cl)cc1C#Cc1ccccc1. The van der Waals surface area contributed by atoms with Crippen molar-refractivity contribution in [2.75, 3.05) is 0 Å². The minimum absolute atomic E-state index is 0.965. The molecule has 3 rings (SSSR count). The molecule has 0 spiro atoms. The highest BCUT2D eigenvalue weighted by Crippen LogP contribution is 2.17. The van der Waals surface area contributed by atoms with Crippen molar-refractivity contribution in [2.45, 2.75) is 26.2 Å². The number of hydrogen-bond donors (Lipinski definition) is 0. The Morgan fingerprint density at radius 3 is 1.17 bits per heavy atom. The van der Waals surface area contributed by atoms with Gasteiger partial charge in [0.2, 0.25) is 0 Å². The van der Waals surface area contributed by atoms with Crippen LogP contribution in [0.5, 0.6) is 0 Å². The average Bonchev–Trinajstić information content (AvgIpc) is 2.70. The molecule has 0 saturated carbocycles. The number of halogens is 2. The molecule has 0 nitrogen and oxygen atoms in total. The first-order valence-corrected chi connectivity index (χ1v) is 17.9. The summed E-state index contributed by atoms with van der Waals surface area (Å²) in [5, 5.41) is 2.20. The molecule has 3 aromatic carbocycles. The molecule has 0 saturated heterocycles. The molecule has 3 aromatic rings. The largest absolute Gasteiger partial charge is 0.182 e. The van der Waals surface area contributed by atoms with E-state index < -0.39 is 14.8 Å². The third-order valence-corrected chi connectivity index (χ3v) is 9.28. The van der Waals surface area contributed by atoms with Crippen LogP contribution < -0.4 is 10.4 Å². The first-order valence-electron chi connectivity index (χ1n) is 9.85. The van der Waals surface area contributed by atoms with Crippen LogP contribution in [0.15, 0.2) is 72.8 Å². The molecule has 0 aliphatic rings. The van der Waals surface area contributed by atoms with Gasteiger partial charge in [0, 0.05) is 22.3 Å². The molecule has 0 radical (unpaired) electrons. The van der Waals surface area contributed by atoms with Crippen molar-refractivity contribution in [1.82, 2.24) is 0 Å². The van der Waals surface area contributed by atoms with E-state index in [-0.39, 0.29) is 0 Å². The fraction of sp³-hybridized carbons (Fsp3) is 0.154. The molecule has 0 atom stereocenters. The van der Waals surface area contributed by atoms with Gasteiger partial charge in [-0.05, 0) is 46.8 Å². The van der Waals surface area contributed by atoms with Gasteiger partial charge in [-0.2, -0.15) is 22.2 Å². The quantitative estimate of drug-likeness (QED) is 0.256. The van der Waals surface area contributed by atoms with Gasteiger partial charge in [-0.25, -0.2) is 0 Å². The predicted octanol–water partition coefficient (Wildman–Crippen LogP) is 5.79. The summed E-state index contributed by atoms with van der Waals surface area (Å²) >= 11 is 13.8. The van der Waals surface area contributed by atoms with Crippen LogP contribution in [0.1, 0.15) is 22.3 Å². The van der Waals surface area contributed by atoms with E-state index in [0.29, 0.717) is 0 Å². The normalized spacial score (nSPS) is 11.1. The highest BCUT2D eigenvalue weighted by molar-refractivity contribution is 7.27. The Morgan fingerprint density at radius 2 is 0.867 bits per heavy atom. The Labute approximate surface area is 191 Å². The van der Waals surface area contributed by atoms with Crippen molar-refractivity contribution in [3.05, 3.63) is 95.1 Å². The van der Waals surface area contributed by atoms with E-state index in [0.717, 1.165) is 32.6 Å². The van der Waals surface area contributed by atoms with Gasteiger partial charge in [-0.3, -0.25) is 0 Å². The van der Waals surface area contributed by atoms with Crippen LogP contribution in [0.4, 0.5) is 0 Å². The van der Waals surface area contributed by atoms with E-state index in [2.05, 4.69) is 62.0 Å². The van der Waals surface area contributed by atoms with E-state index in [9.17, 15) is 0 Å². The van der Waals surface area contributed by atoms with Crippen LogP contribution in [-0.4, -0.2) is 14.8 Å². The smallest absolute Gasteiger partial charge is 0.161 e. The molecule has 0 aliphatic heterocycles. The molecular formula is C26H24Cl2Si2. The Balaban J connectivity index is 2.19. The number of rotatable bonds is 2. The van der Waals surface area contributed by atoms with E-state index in [1.54, 1.807) is 0 Å². The maximum Gasteiger partial charge on any atom is 0.182 e. The highest BCUT2D eigenvalue weighted by atomic mass is 35.6. The van der Waals surface area contributed by atoms with E-state index in [1.807, 2.05) is 60.7 Å². The average molecular weight is 464 g/mol. The van der Waals surface area contributed by atoms with Crippen LogP contribution in [0.3, 0.4) is 0 Å². The molecule has 4 heteroatoms. The number of benzene rings is 3. The Morgan fingerprint density at radius 1 is 0.533 bits per heavy atom.